The van der Waals surface area contributed by atoms with Crippen LogP contribution in [0.15, 0.2) is 76.1 Å². The van der Waals surface area contributed by atoms with Crippen LogP contribution in [0.2, 0.25) is 0 Å². The smallest absolute Gasteiger partial charge is 0.292 e. The van der Waals surface area contributed by atoms with Crippen LogP contribution in [-0.2, 0) is 0 Å². The maximum Gasteiger partial charge on any atom is 0.292 e. The zero-order valence-electron chi connectivity index (χ0n) is 19.2. The van der Waals surface area contributed by atoms with E-state index in [2.05, 4.69) is 25.5 Å². The van der Waals surface area contributed by atoms with E-state index in [9.17, 15) is 9.59 Å². The molecule has 0 saturated heterocycles. The molecule has 0 aliphatic heterocycles. The summed E-state index contributed by atoms with van der Waals surface area (Å²) in [6, 6.07) is 18.0. The van der Waals surface area contributed by atoms with Crippen LogP contribution in [0.4, 0.5) is 5.82 Å². The molecule has 0 saturated carbocycles. The minimum absolute atomic E-state index is 0.108. The van der Waals surface area contributed by atoms with E-state index < -0.39 is 11.5 Å². The third-order valence-corrected chi connectivity index (χ3v) is 5.66. The second-order valence-electron chi connectivity index (χ2n) is 8.04. The highest BCUT2D eigenvalue weighted by Gasteiger charge is 2.20. The van der Waals surface area contributed by atoms with Crippen LogP contribution in [0.5, 0.6) is 5.75 Å². The highest BCUT2D eigenvalue weighted by Crippen LogP contribution is 2.25. The maximum atomic E-state index is 13.0. The Balaban J connectivity index is 1.43. The van der Waals surface area contributed by atoms with Crippen molar-refractivity contribution in [1.29, 1.82) is 0 Å². The summed E-state index contributed by atoms with van der Waals surface area (Å²) in [5.41, 5.74) is 1.73. The van der Waals surface area contributed by atoms with E-state index in [4.69, 9.17) is 9.15 Å². The van der Waals surface area contributed by atoms with Crippen molar-refractivity contribution in [3.63, 3.8) is 0 Å². The lowest BCUT2D eigenvalue weighted by Crippen LogP contribution is -2.19. The molecule has 0 unspecified atom stereocenters. The number of benzene rings is 2. The number of aryl methyl sites for hydroxylation is 1. The summed E-state index contributed by atoms with van der Waals surface area (Å²) in [6.07, 6.45) is 1.44. The second-order valence-corrected chi connectivity index (χ2v) is 8.04. The van der Waals surface area contributed by atoms with Gasteiger partial charge in [0.1, 0.15) is 28.2 Å². The molecule has 1 amide bonds. The summed E-state index contributed by atoms with van der Waals surface area (Å²) in [5, 5.41) is 12.7. The Hall–Kier alpha value is -5.19. The van der Waals surface area contributed by atoms with E-state index >= 15 is 0 Å². The molecule has 6 rings (SSSR count). The standard InChI is InChI=1S/C25H19N7O4/c1-14-11-21(27-24(34)20-12-15-7-3-5-9-18(15)36-20)32(30-14)25-28-22-16(23(33)29-25)13-26-31(22)17-8-4-6-10-19(17)35-2/h3-13H,1-2H3,(H,27,34)(H,28,29,33). The fourth-order valence-electron chi connectivity index (χ4n) is 4.01. The summed E-state index contributed by atoms with van der Waals surface area (Å²) < 4.78 is 14.0. The Bertz CT molecular complexity index is 1790. The minimum Gasteiger partial charge on any atom is -0.494 e. The van der Waals surface area contributed by atoms with Crippen molar-refractivity contribution in [2.45, 2.75) is 6.92 Å². The van der Waals surface area contributed by atoms with Crippen molar-refractivity contribution in [2.24, 2.45) is 0 Å². The van der Waals surface area contributed by atoms with Crippen LogP contribution >= 0.6 is 0 Å². The summed E-state index contributed by atoms with van der Waals surface area (Å²) in [6.45, 7) is 1.77. The second kappa shape index (κ2) is 8.24. The zero-order chi connectivity index (χ0) is 24.8. The SMILES string of the molecule is COc1ccccc1-n1ncc2c(=O)[nH]c(-n3nc(C)cc3NC(=O)c3cc4ccccc4o3)nc21. The van der Waals surface area contributed by atoms with Gasteiger partial charge in [-0.15, -0.1) is 0 Å². The number of carbonyl (C=O) groups excluding carboxylic acids is 1. The van der Waals surface area contributed by atoms with Gasteiger partial charge in [-0.25, -0.2) is 4.68 Å². The van der Waals surface area contributed by atoms with Gasteiger partial charge in [-0.1, -0.05) is 30.3 Å². The molecule has 178 valence electrons. The largest absolute Gasteiger partial charge is 0.494 e. The number of hydrogen-bond donors (Lipinski definition) is 2. The van der Waals surface area contributed by atoms with E-state index in [1.165, 1.54) is 15.6 Å². The topological polar surface area (TPSA) is 133 Å². The highest BCUT2D eigenvalue weighted by atomic mass is 16.5. The number of rotatable bonds is 5. The van der Waals surface area contributed by atoms with Gasteiger partial charge in [-0.05, 0) is 31.2 Å². The summed E-state index contributed by atoms with van der Waals surface area (Å²) in [5.74, 6) is 0.670. The number of fused-ring (bicyclic) bond motifs is 2. The number of aromatic nitrogens is 6. The number of nitrogens with one attached hydrogen (secondary N) is 2. The van der Waals surface area contributed by atoms with Gasteiger partial charge in [0, 0.05) is 11.5 Å². The number of methoxy groups -OCH3 is 1. The fraction of sp³-hybridized carbons (Fsp3) is 0.0800. The third-order valence-electron chi connectivity index (χ3n) is 5.66. The molecule has 11 nitrogen and oxygen atoms in total. The van der Waals surface area contributed by atoms with E-state index in [1.807, 2.05) is 36.4 Å². The van der Waals surface area contributed by atoms with Gasteiger partial charge in [0.2, 0.25) is 5.95 Å². The Labute approximate surface area is 202 Å². The number of furan rings is 1. The molecule has 2 N–H and O–H groups in total. The van der Waals surface area contributed by atoms with Gasteiger partial charge in [0.15, 0.2) is 11.4 Å². The average Bonchev–Trinajstić information content (AvgIpc) is 3.60. The van der Waals surface area contributed by atoms with E-state index in [-0.39, 0.29) is 11.7 Å². The summed E-state index contributed by atoms with van der Waals surface area (Å²) >= 11 is 0. The van der Waals surface area contributed by atoms with E-state index in [1.54, 1.807) is 38.3 Å². The lowest BCUT2D eigenvalue weighted by molar-refractivity contribution is 0.0998. The zero-order valence-corrected chi connectivity index (χ0v) is 19.2. The molecule has 0 fully saturated rings. The van der Waals surface area contributed by atoms with Crippen LogP contribution in [0.25, 0.3) is 33.6 Å². The van der Waals surface area contributed by atoms with Gasteiger partial charge in [-0.3, -0.25) is 14.6 Å². The Morgan fingerprint density at radius 1 is 1.08 bits per heavy atom. The lowest BCUT2D eigenvalue weighted by atomic mass is 10.2. The number of hydrogen-bond acceptors (Lipinski definition) is 7. The van der Waals surface area contributed by atoms with Crippen LogP contribution < -0.4 is 15.6 Å². The number of aromatic amines is 1. The monoisotopic (exact) mass is 481 g/mol. The molecule has 11 heteroatoms. The quantitative estimate of drug-likeness (QED) is 0.384. The van der Waals surface area contributed by atoms with Crippen LogP contribution in [0.3, 0.4) is 0 Å². The molecule has 2 aromatic carbocycles. The first-order valence-corrected chi connectivity index (χ1v) is 11.0. The van der Waals surface area contributed by atoms with Gasteiger partial charge >= 0.3 is 0 Å². The predicted octanol–water partition coefficient (Wildman–Crippen LogP) is 3.61. The number of nitrogens with zero attached hydrogens (tertiary/aromatic N) is 5. The average molecular weight is 481 g/mol. The van der Waals surface area contributed by atoms with E-state index in [0.29, 0.717) is 39.6 Å². The Morgan fingerprint density at radius 2 is 1.89 bits per heavy atom. The van der Waals surface area contributed by atoms with Crippen LogP contribution in [-0.4, -0.2) is 42.5 Å². The number of ether oxygens (including phenoxy) is 1. The molecular weight excluding hydrogens is 462 g/mol. The van der Waals surface area contributed by atoms with Crippen LogP contribution in [0, 0.1) is 6.92 Å². The molecule has 0 radical (unpaired) electrons. The number of carbonyl (C=O) groups is 1. The highest BCUT2D eigenvalue weighted by molar-refractivity contribution is 6.04. The molecule has 0 aliphatic carbocycles. The molecule has 0 bridgehead atoms. The van der Waals surface area contributed by atoms with Crippen molar-refractivity contribution in [3.8, 4) is 17.4 Å². The third kappa shape index (κ3) is 3.50. The Kier molecular flexibility index (Phi) is 4.88. The van der Waals surface area contributed by atoms with Crippen LogP contribution in [0.1, 0.15) is 16.2 Å². The minimum atomic E-state index is -0.463. The normalized spacial score (nSPS) is 11.3. The van der Waals surface area contributed by atoms with Gasteiger partial charge in [-0.2, -0.15) is 19.9 Å². The maximum absolute atomic E-state index is 13.0. The predicted molar refractivity (Wildman–Crippen MR) is 132 cm³/mol. The molecular formula is C25H19N7O4. The first-order valence-electron chi connectivity index (χ1n) is 11.0. The van der Waals surface area contributed by atoms with Crippen molar-refractivity contribution < 1.29 is 13.9 Å². The van der Waals surface area contributed by atoms with Crippen molar-refractivity contribution in [2.75, 3.05) is 12.4 Å². The van der Waals surface area contributed by atoms with Crippen molar-refractivity contribution in [3.05, 3.63) is 88.7 Å². The molecule has 4 aromatic heterocycles. The number of H-pyrrole nitrogens is 1. The lowest BCUT2D eigenvalue weighted by Gasteiger charge is -2.10. The van der Waals surface area contributed by atoms with Crippen molar-refractivity contribution in [1.82, 2.24) is 29.5 Å². The Morgan fingerprint density at radius 3 is 2.72 bits per heavy atom. The molecule has 0 atom stereocenters. The van der Waals surface area contributed by atoms with Crippen molar-refractivity contribution >= 4 is 33.7 Å². The van der Waals surface area contributed by atoms with Gasteiger partial charge < -0.3 is 14.5 Å². The first-order chi connectivity index (χ1) is 17.5. The first kappa shape index (κ1) is 21.4. The van der Waals surface area contributed by atoms with E-state index in [0.717, 1.165) is 5.39 Å². The molecule has 4 heterocycles. The number of para-hydroxylation sites is 3. The molecule has 0 aliphatic rings. The molecule has 6 aromatic rings. The van der Waals surface area contributed by atoms with Gasteiger partial charge in [0.05, 0.1) is 19.0 Å². The fourth-order valence-corrected chi connectivity index (χ4v) is 4.01. The van der Waals surface area contributed by atoms with Gasteiger partial charge in [0.25, 0.3) is 11.5 Å². The molecule has 36 heavy (non-hydrogen) atoms. The summed E-state index contributed by atoms with van der Waals surface area (Å²) in [7, 11) is 1.56. The summed E-state index contributed by atoms with van der Waals surface area (Å²) in [4.78, 5) is 33.2. The number of anilines is 1. The number of amides is 1. The molecule has 0 spiro atoms.